The SMILES string of the molecule is CCCCc1ccc(NC(=O)C(C)N(c2ccc(OC)c(OC)c2)S(C)(=O)=O)cc1. The van der Waals surface area contributed by atoms with Crippen molar-refractivity contribution in [2.45, 2.75) is 39.2 Å². The van der Waals surface area contributed by atoms with Crippen molar-refractivity contribution in [2.24, 2.45) is 0 Å². The Hall–Kier alpha value is -2.74. The highest BCUT2D eigenvalue weighted by Crippen LogP contribution is 2.33. The van der Waals surface area contributed by atoms with Gasteiger partial charge in [0.2, 0.25) is 15.9 Å². The zero-order valence-corrected chi connectivity index (χ0v) is 19.0. The van der Waals surface area contributed by atoms with E-state index in [4.69, 9.17) is 9.47 Å². The molecular weight excluding hydrogens is 404 g/mol. The number of hydrogen-bond donors (Lipinski definition) is 1. The molecule has 7 nitrogen and oxygen atoms in total. The van der Waals surface area contributed by atoms with E-state index in [-0.39, 0.29) is 0 Å². The van der Waals surface area contributed by atoms with E-state index in [2.05, 4.69) is 12.2 Å². The third kappa shape index (κ3) is 5.89. The van der Waals surface area contributed by atoms with Crippen molar-refractivity contribution in [3.63, 3.8) is 0 Å². The van der Waals surface area contributed by atoms with Crippen LogP contribution in [-0.4, -0.2) is 40.8 Å². The summed E-state index contributed by atoms with van der Waals surface area (Å²) < 4.78 is 36.5. The Morgan fingerprint density at radius 3 is 2.23 bits per heavy atom. The largest absolute Gasteiger partial charge is 0.493 e. The number of nitrogens with zero attached hydrogens (tertiary/aromatic N) is 1. The van der Waals surface area contributed by atoms with Crippen molar-refractivity contribution in [1.29, 1.82) is 0 Å². The second-order valence-corrected chi connectivity index (χ2v) is 8.92. The number of unbranched alkanes of at least 4 members (excludes halogenated alkanes) is 1. The van der Waals surface area contributed by atoms with Crippen molar-refractivity contribution in [1.82, 2.24) is 0 Å². The summed E-state index contributed by atoms with van der Waals surface area (Å²) in [4.78, 5) is 12.8. The minimum Gasteiger partial charge on any atom is -0.493 e. The molecule has 0 aliphatic carbocycles. The maximum Gasteiger partial charge on any atom is 0.247 e. The quantitative estimate of drug-likeness (QED) is 0.614. The topological polar surface area (TPSA) is 84.9 Å². The molecule has 2 aromatic rings. The summed E-state index contributed by atoms with van der Waals surface area (Å²) in [6, 6.07) is 11.3. The van der Waals surface area contributed by atoms with E-state index in [1.165, 1.54) is 25.8 Å². The number of hydrogen-bond acceptors (Lipinski definition) is 5. The van der Waals surface area contributed by atoms with Gasteiger partial charge in [0.25, 0.3) is 0 Å². The lowest BCUT2D eigenvalue weighted by atomic mass is 10.1. The minimum atomic E-state index is -3.74. The van der Waals surface area contributed by atoms with Gasteiger partial charge in [-0.2, -0.15) is 0 Å². The molecule has 8 heteroatoms. The van der Waals surface area contributed by atoms with Crippen molar-refractivity contribution < 1.29 is 22.7 Å². The van der Waals surface area contributed by atoms with Gasteiger partial charge in [0, 0.05) is 11.8 Å². The Morgan fingerprint density at radius 1 is 1.07 bits per heavy atom. The third-order valence-corrected chi connectivity index (χ3v) is 5.99. The summed E-state index contributed by atoms with van der Waals surface area (Å²) in [7, 11) is -0.779. The van der Waals surface area contributed by atoms with Crippen LogP contribution in [0.25, 0.3) is 0 Å². The Morgan fingerprint density at radius 2 is 1.70 bits per heavy atom. The van der Waals surface area contributed by atoms with Gasteiger partial charge in [0.05, 0.1) is 26.2 Å². The average molecular weight is 435 g/mol. The van der Waals surface area contributed by atoms with Crippen molar-refractivity contribution >= 4 is 27.3 Å². The van der Waals surface area contributed by atoms with Crippen LogP contribution in [0, 0.1) is 0 Å². The van der Waals surface area contributed by atoms with Gasteiger partial charge in [-0.1, -0.05) is 25.5 Å². The molecule has 2 rings (SSSR count). The Labute approximate surface area is 179 Å². The van der Waals surface area contributed by atoms with E-state index in [1.807, 2.05) is 24.3 Å². The van der Waals surface area contributed by atoms with Crippen LogP contribution in [0.3, 0.4) is 0 Å². The molecule has 2 aromatic carbocycles. The summed E-state index contributed by atoms with van der Waals surface area (Å²) in [6.07, 6.45) is 4.28. The Bertz CT molecular complexity index is 958. The van der Waals surface area contributed by atoms with Crippen molar-refractivity contribution in [3.8, 4) is 11.5 Å². The number of rotatable bonds is 10. The Kier molecular flexibility index (Phi) is 8.11. The van der Waals surface area contributed by atoms with E-state index >= 15 is 0 Å². The van der Waals surface area contributed by atoms with Gasteiger partial charge in [0.15, 0.2) is 11.5 Å². The summed E-state index contributed by atoms with van der Waals surface area (Å²) >= 11 is 0. The number of anilines is 2. The van der Waals surface area contributed by atoms with Gasteiger partial charge in [-0.15, -0.1) is 0 Å². The molecule has 30 heavy (non-hydrogen) atoms. The van der Waals surface area contributed by atoms with Crippen molar-refractivity contribution in [3.05, 3.63) is 48.0 Å². The van der Waals surface area contributed by atoms with E-state index in [0.717, 1.165) is 29.8 Å². The summed E-state index contributed by atoms with van der Waals surface area (Å²) in [5.41, 5.74) is 2.13. The second kappa shape index (κ2) is 10.3. The highest BCUT2D eigenvalue weighted by molar-refractivity contribution is 7.92. The number of aryl methyl sites for hydroxylation is 1. The first-order valence-corrected chi connectivity index (χ1v) is 11.7. The first-order valence-electron chi connectivity index (χ1n) is 9.82. The molecule has 1 unspecified atom stereocenters. The maximum atomic E-state index is 12.8. The molecule has 0 spiro atoms. The predicted molar refractivity (Wildman–Crippen MR) is 120 cm³/mol. The van der Waals surface area contributed by atoms with E-state index in [9.17, 15) is 13.2 Å². The highest BCUT2D eigenvalue weighted by atomic mass is 32.2. The molecule has 0 aromatic heterocycles. The van der Waals surface area contributed by atoms with Crippen LogP contribution in [0.4, 0.5) is 11.4 Å². The van der Waals surface area contributed by atoms with Crippen LogP contribution in [0.1, 0.15) is 32.3 Å². The lowest BCUT2D eigenvalue weighted by molar-refractivity contribution is -0.116. The van der Waals surface area contributed by atoms with Crippen LogP contribution in [0.15, 0.2) is 42.5 Å². The zero-order chi connectivity index (χ0) is 22.3. The van der Waals surface area contributed by atoms with E-state index < -0.39 is 22.0 Å². The lowest BCUT2D eigenvalue weighted by Gasteiger charge is -2.28. The molecule has 0 radical (unpaired) electrons. The van der Waals surface area contributed by atoms with Gasteiger partial charge >= 0.3 is 0 Å². The summed E-state index contributed by atoms with van der Waals surface area (Å²) in [5.74, 6) is 0.408. The number of benzene rings is 2. The monoisotopic (exact) mass is 434 g/mol. The highest BCUT2D eigenvalue weighted by Gasteiger charge is 2.30. The number of carbonyl (C=O) groups excluding carboxylic acids is 1. The summed E-state index contributed by atoms with van der Waals surface area (Å²) in [6.45, 7) is 3.69. The number of methoxy groups -OCH3 is 2. The molecule has 164 valence electrons. The van der Waals surface area contributed by atoms with Crippen LogP contribution in [-0.2, 0) is 21.2 Å². The number of amides is 1. The average Bonchev–Trinajstić information content (AvgIpc) is 2.72. The van der Waals surface area contributed by atoms with Crippen LogP contribution in [0.2, 0.25) is 0 Å². The van der Waals surface area contributed by atoms with Gasteiger partial charge in [-0.3, -0.25) is 9.10 Å². The lowest BCUT2D eigenvalue weighted by Crippen LogP contribution is -2.45. The first kappa shape index (κ1) is 23.5. The van der Waals surface area contributed by atoms with Crippen molar-refractivity contribution in [2.75, 3.05) is 30.1 Å². The normalized spacial score (nSPS) is 12.2. The number of nitrogens with one attached hydrogen (secondary N) is 1. The molecule has 0 saturated carbocycles. The number of carbonyl (C=O) groups is 1. The molecule has 0 bridgehead atoms. The first-order chi connectivity index (χ1) is 14.2. The fraction of sp³-hybridized carbons (Fsp3) is 0.409. The fourth-order valence-corrected chi connectivity index (χ4v) is 4.32. The van der Waals surface area contributed by atoms with Gasteiger partial charge in [-0.25, -0.2) is 8.42 Å². The predicted octanol–water partition coefficient (Wildman–Crippen LogP) is 3.84. The van der Waals surface area contributed by atoms with Crippen LogP contribution in [0.5, 0.6) is 11.5 Å². The maximum absolute atomic E-state index is 12.8. The number of sulfonamides is 1. The summed E-state index contributed by atoms with van der Waals surface area (Å²) in [5, 5.41) is 2.80. The molecule has 0 heterocycles. The van der Waals surface area contributed by atoms with Gasteiger partial charge in [-0.05, 0) is 49.6 Å². The van der Waals surface area contributed by atoms with E-state index in [1.54, 1.807) is 19.1 Å². The van der Waals surface area contributed by atoms with Crippen LogP contribution < -0.4 is 19.1 Å². The smallest absolute Gasteiger partial charge is 0.247 e. The molecule has 1 N–H and O–H groups in total. The number of ether oxygens (including phenoxy) is 2. The molecule has 0 saturated heterocycles. The molecular formula is C22H30N2O5S. The second-order valence-electron chi connectivity index (χ2n) is 7.06. The van der Waals surface area contributed by atoms with E-state index in [0.29, 0.717) is 22.9 Å². The molecule has 0 fully saturated rings. The standard InChI is InChI=1S/C22H30N2O5S/c1-6-7-8-17-9-11-18(12-10-17)23-22(25)16(2)24(30(5,26)27)19-13-14-20(28-3)21(15-19)29-4/h9-16H,6-8H2,1-5H3,(H,23,25). The minimum absolute atomic E-state index is 0.313. The molecule has 0 aliphatic heterocycles. The molecule has 1 atom stereocenters. The van der Waals surface area contributed by atoms with Crippen LogP contribution >= 0.6 is 0 Å². The Balaban J connectivity index is 2.25. The fourth-order valence-electron chi connectivity index (χ4n) is 3.15. The van der Waals surface area contributed by atoms with Gasteiger partial charge < -0.3 is 14.8 Å². The third-order valence-electron chi connectivity index (χ3n) is 4.75. The zero-order valence-electron chi connectivity index (χ0n) is 18.1. The van der Waals surface area contributed by atoms with Gasteiger partial charge in [0.1, 0.15) is 6.04 Å². The molecule has 0 aliphatic rings. The molecule has 1 amide bonds.